The largest absolute Gasteiger partial charge is 0.307 e. The van der Waals surface area contributed by atoms with Crippen molar-refractivity contribution in [2.45, 2.75) is 0 Å². The summed E-state index contributed by atoms with van der Waals surface area (Å²) in [6, 6.07) is 25.1. The van der Waals surface area contributed by atoms with Crippen LogP contribution >= 0.6 is 7.14 Å². The molecule has 0 spiro atoms. The maximum atomic E-state index is 14.3. The third kappa shape index (κ3) is 2.21. The van der Waals surface area contributed by atoms with E-state index in [4.69, 9.17) is 0 Å². The summed E-state index contributed by atoms with van der Waals surface area (Å²) in [6.45, 7) is 0. The Morgan fingerprint density at radius 2 is 1.35 bits per heavy atom. The SMILES string of the molecule is O=P(c1ccccc1)(c1ccccc1)c1cccc2nccn12. The monoisotopic (exact) mass is 318 g/mol. The minimum atomic E-state index is -2.97. The summed E-state index contributed by atoms with van der Waals surface area (Å²) < 4.78 is 16.2. The van der Waals surface area contributed by atoms with E-state index < -0.39 is 7.14 Å². The lowest BCUT2D eigenvalue weighted by molar-refractivity contribution is 0.591. The second-order valence-electron chi connectivity index (χ2n) is 5.32. The fourth-order valence-electron chi connectivity index (χ4n) is 2.88. The van der Waals surface area contributed by atoms with Gasteiger partial charge < -0.3 is 4.57 Å². The predicted octanol–water partition coefficient (Wildman–Crippen LogP) is 2.97. The molecule has 2 heterocycles. The van der Waals surface area contributed by atoms with Crippen molar-refractivity contribution in [3.63, 3.8) is 0 Å². The van der Waals surface area contributed by atoms with Crippen LogP contribution in [0.25, 0.3) is 5.65 Å². The van der Waals surface area contributed by atoms with Crippen LogP contribution < -0.4 is 16.0 Å². The van der Waals surface area contributed by atoms with Crippen molar-refractivity contribution >= 4 is 28.8 Å². The van der Waals surface area contributed by atoms with E-state index in [1.54, 1.807) is 6.20 Å². The Morgan fingerprint density at radius 3 is 1.96 bits per heavy atom. The van der Waals surface area contributed by atoms with Gasteiger partial charge in [-0.1, -0.05) is 66.7 Å². The molecule has 2 aromatic heterocycles. The number of benzene rings is 2. The standard InChI is InChI=1S/C19H15N2OP/c22-23(16-8-3-1-4-9-16,17-10-5-2-6-11-17)19-13-7-12-18-20-14-15-21(18)19/h1-15H. The van der Waals surface area contributed by atoms with Gasteiger partial charge >= 0.3 is 0 Å². The van der Waals surface area contributed by atoms with Gasteiger partial charge in [0.15, 0.2) is 7.14 Å². The molecule has 23 heavy (non-hydrogen) atoms. The molecule has 0 fully saturated rings. The molecule has 0 bridgehead atoms. The highest BCUT2D eigenvalue weighted by Gasteiger charge is 2.31. The molecule has 0 aliphatic heterocycles. The summed E-state index contributed by atoms with van der Waals surface area (Å²) in [4.78, 5) is 4.32. The molecule has 4 heteroatoms. The van der Waals surface area contributed by atoms with E-state index >= 15 is 0 Å². The molecule has 3 nitrogen and oxygen atoms in total. The molecule has 0 aliphatic carbocycles. The lowest BCUT2D eigenvalue weighted by Gasteiger charge is -2.20. The number of imidazole rings is 1. The van der Waals surface area contributed by atoms with Crippen LogP contribution in [0.2, 0.25) is 0 Å². The molecule has 4 aromatic rings. The Kier molecular flexibility index (Phi) is 3.36. The van der Waals surface area contributed by atoms with Crippen molar-refractivity contribution in [3.05, 3.63) is 91.3 Å². The zero-order valence-electron chi connectivity index (χ0n) is 12.4. The van der Waals surface area contributed by atoms with Gasteiger partial charge in [0.2, 0.25) is 0 Å². The molecule has 0 aliphatic rings. The molecule has 0 radical (unpaired) electrons. The van der Waals surface area contributed by atoms with Gasteiger partial charge in [-0.2, -0.15) is 0 Å². The highest BCUT2D eigenvalue weighted by molar-refractivity contribution is 7.85. The van der Waals surface area contributed by atoms with E-state index in [-0.39, 0.29) is 0 Å². The molecule has 4 rings (SSSR count). The van der Waals surface area contributed by atoms with Gasteiger partial charge in [-0.05, 0) is 12.1 Å². The van der Waals surface area contributed by atoms with Gasteiger partial charge in [0.1, 0.15) is 5.65 Å². The van der Waals surface area contributed by atoms with Gasteiger partial charge in [0.25, 0.3) is 0 Å². The molecule has 0 amide bonds. The first-order chi connectivity index (χ1) is 11.3. The molecule has 0 atom stereocenters. The average Bonchev–Trinajstić information content (AvgIpc) is 3.11. The van der Waals surface area contributed by atoms with Crippen LogP contribution in [0.3, 0.4) is 0 Å². The van der Waals surface area contributed by atoms with Crippen LogP contribution in [0.1, 0.15) is 0 Å². The fraction of sp³-hybridized carbons (Fsp3) is 0. The normalized spacial score (nSPS) is 11.7. The van der Waals surface area contributed by atoms with Gasteiger partial charge in [-0.15, -0.1) is 0 Å². The third-order valence-corrected chi connectivity index (χ3v) is 7.03. The number of rotatable bonds is 3. The molecule has 0 unspecified atom stereocenters. The van der Waals surface area contributed by atoms with Gasteiger partial charge in [0.05, 0.1) is 5.44 Å². The van der Waals surface area contributed by atoms with Gasteiger partial charge in [-0.3, -0.25) is 4.40 Å². The van der Waals surface area contributed by atoms with Crippen molar-refractivity contribution in [2.24, 2.45) is 0 Å². The van der Waals surface area contributed by atoms with E-state index in [9.17, 15) is 4.57 Å². The fourth-order valence-corrected chi connectivity index (χ4v) is 5.66. The smallest absolute Gasteiger partial charge is 0.186 e. The van der Waals surface area contributed by atoms with Crippen LogP contribution in [0.4, 0.5) is 0 Å². The number of pyridine rings is 1. The second-order valence-corrected chi connectivity index (χ2v) is 8.03. The molecule has 2 aromatic carbocycles. The quantitative estimate of drug-likeness (QED) is 0.544. The maximum Gasteiger partial charge on any atom is 0.186 e. The average molecular weight is 318 g/mol. The van der Waals surface area contributed by atoms with Crippen molar-refractivity contribution in [3.8, 4) is 0 Å². The van der Waals surface area contributed by atoms with Gasteiger partial charge in [-0.25, -0.2) is 4.98 Å². The Balaban J connectivity index is 2.08. The topological polar surface area (TPSA) is 34.4 Å². The van der Waals surface area contributed by atoms with E-state index in [0.29, 0.717) is 0 Å². The minimum absolute atomic E-state index is 0.768. The van der Waals surface area contributed by atoms with Crippen molar-refractivity contribution in [1.29, 1.82) is 0 Å². The Bertz CT molecular complexity index is 950. The number of aromatic nitrogens is 2. The van der Waals surface area contributed by atoms with Crippen LogP contribution in [0.5, 0.6) is 0 Å². The van der Waals surface area contributed by atoms with Crippen molar-refractivity contribution in [2.75, 3.05) is 0 Å². The molecule has 0 N–H and O–H groups in total. The Labute approximate surface area is 134 Å². The zero-order valence-corrected chi connectivity index (χ0v) is 13.3. The summed E-state index contributed by atoms with van der Waals surface area (Å²) in [5.74, 6) is 0. The van der Waals surface area contributed by atoms with Gasteiger partial charge in [0, 0.05) is 23.0 Å². The lowest BCUT2D eigenvalue weighted by atomic mass is 10.4. The predicted molar refractivity (Wildman–Crippen MR) is 94.6 cm³/mol. The highest BCUT2D eigenvalue weighted by atomic mass is 31.2. The van der Waals surface area contributed by atoms with E-state index in [1.165, 1.54) is 0 Å². The van der Waals surface area contributed by atoms with E-state index in [2.05, 4.69) is 4.98 Å². The van der Waals surface area contributed by atoms with E-state index in [0.717, 1.165) is 21.7 Å². The first-order valence-electron chi connectivity index (χ1n) is 7.44. The van der Waals surface area contributed by atoms with E-state index in [1.807, 2.05) is 89.5 Å². The molecular formula is C19H15N2OP. The Morgan fingerprint density at radius 1 is 0.739 bits per heavy atom. The molecular weight excluding hydrogens is 303 g/mol. The first-order valence-corrected chi connectivity index (χ1v) is 9.15. The molecule has 112 valence electrons. The van der Waals surface area contributed by atoms with Crippen LogP contribution in [0.15, 0.2) is 91.3 Å². The molecule has 0 saturated carbocycles. The minimum Gasteiger partial charge on any atom is -0.307 e. The molecule has 0 saturated heterocycles. The van der Waals surface area contributed by atoms with Crippen LogP contribution in [-0.2, 0) is 4.57 Å². The summed E-state index contributed by atoms with van der Waals surface area (Å²) in [5, 5.41) is 1.65. The summed E-state index contributed by atoms with van der Waals surface area (Å²) in [7, 11) is -2.97. The summed E-state index contributed by atoms with van der Waals surface area (Å²) >= 11 is 0. The van der Waals surface area contributed by atoms with Crippen molar-refractivity contribution in [1.82, 2.24) is 9.38 Å². The first kappa shape index (κ1) is 14.0. The second kappa shape index (κ2) is 5.53. The third-order valence-electron chi connectivity index (χ3n) is 3.97. The Hall–Kier alpha value is -2.64. The maximum absolute atomic E-state index is 14.3. The highest BCUT2D eigenvalue weighted by Crippen LogP contribution is 2.42. The lowest BCUT2D eigenvalue weighted by Crippen LogP contribution is -2.28. The van der Waals surface area contributed by atoms with Crippen LogP contribution in [0, 0.1) is 0 Å². The summed E-state index contributed by atoms with van der Waals surface area (Å²) in [5.41, 5.74) is 1.57. The number of hydrogen-bond acceptors (Lipinski definition) is 2. The number of hydrogen-bond donors (Lipinski definition) is 0. The number of nitrogens with zero attached hydrogens (tertiary/aromatic N) is 2. The van der Waals surface area contributed by atoms with Crippen LogP contribution in [-0.4, -0.2) is 9.38 Å². The summed E-state index contributed by atoms with van der Waals surface area (Å²) in [6.07, 6.45) is 3.60. The van der Waals surface area contributed by atoms with Crippen molar-refractivity contribution < 1.29 is 4.57 Å². The zero-order chi connectivity index (χ0) is 15.7. The number of fused-ring (bicyclic) bond motifs is 1.